The number of methoxy groups -OCH3 is 1. The van der Waals surface area contributed by atoms with Gasteiger partial charge >= 0.3 is 0 Å². The fraction of sp³-hybridized carbons (Fsp3) is 0.211. The Labute approximate surface area is 152 Å². The molecule has 7 heteroatoms. The molecule has 7 nitrogen and oxygen atoms in total. The molecule has 0 atom stereocenters. The van der Waals surface area contributed by atoms with Crippen molar-refractivity contribution in [1.82, 2.24) is 15.0 Å². The number of aromatic nitrogens is 3. The molecule has 3 rings (SSSR count). The Kier molecular flexibility index (Phi) is 6.19. The lowest BCUT2D eigenvalue weighted by Gasteiger charge is -2.10. The Morgan fingerprint density at radius 3 is 2.58 bits per heavy atom. The van der Waals surface area contributed by atoms with Gasteiger partial charge in [-0.1, -0.05) is 6.07 Å². The maximum absolute atomic E-state index is 5.67. The van der Waals surface area contributed by atoms with Gasteiger partial charge < -0.3 is 20.1 Å². The van der Waals surface area contributed by atoms with Gasteiger partial charge in [0.25, 0.3) is 0 Å². The molecule has 2 aromatic heterocycles. The van der Waals surface area contributed by atoms with E-state index in [1.165, 1.54) is 0 Å². The monoisotopic (exact) mass is 351 g/mol. The van der Waals surface area contributed by atoms with Gasteiger partial charge in [0.1, 0.15) is 23.9 Å². The van der Waals surface area contributed by atoms with Gasteiger partial charge in [-0.15, -0.1) is 0 Å². The van der Waals surface area contributed by atoms with E-state index in [1.54, 1.807) is 19.5 Å². The van der Waals surface area contributed by atoms with Crippen LogP contribution in [-0.2, 0) is 6.54 Å². The molecule has 0 unspecified atom stereocenters. The van der Waals surface area contributed by atoms with Crippen LogP contribution in [-0.4, -0.2) is 35.2 Å². The summed E-state index contributed by atoms with van der Waals surface area (Å²) in [5.74, 6) is 2.90. The Bertz CT molecular complexity index is 797. The van der Waals surface area contributed by atoms with Crippen molar-refractivity contribution in [3.8, 4) is 11.5 Å². The first-order valence-corrected chi connectivity index (χ1v) is 8.30. The van der Waals surface area contributed by atoms with E-state index < -0.39 is 0 Å². The number of hydrogen-bond acceptors (Lipinski definition) is 7. The summed E-state index contributed by atoms with van der Waals surface area (Å²) in [6.45, 7) is 1.76. The lowest BCUT2D eigenvalue weighted by molar-refractivity contribution is 0.331. The molecule has 0 spiro atoms. The minimum Gasteiger partial charge on any atom is -0.497 e. The number of pyridine rings is 1. The van der Waals surface area contributed by atoms with Gasteiger partial charge in [-0.05, 0) is 42.0 Å². The summed E-state index contributed by atoms with van der Waals surface area (Å²) in [6.07, 6.45) is 5.29. The molecule has 0 amide bonds. The molecular weight excluding hydrogens is 330 g/mol. The van der Waals surface area contributed by atoms with Crippen LogP contribution in [0.4, 0.5) is 11.8 Å². The molecule has 1 aromatic carbocycles. The van der Waals surface area contributed by atoms with Crippen LogP contribution in [0.5, 0.6) is 11.5 Å². The average Bonchev–Trinajstić information content (AvgIpc) is 2.71. The molecule has 0 aliphatic heterocycles. The smallest absolute Gasteiger partial charge is 0.224 e. The lowest BCUT2D eigenvalue weighted by Crippen LogP contribution is -2.14. The first kappa shape index (κ1) is 17.5. The SMILES string of the molecule is COc1ccc(OCCNc2nccc(NCc3cccnc3)n2)cc1. The van der Waals surface area contributed by atoms with Crippen molar-refractivity contribution in [2.75, 3.05) is 30.9 Å². The summed E-state index contributed by atoms with van der Waals surface area (Å²) in [4.78, 5) is 12.7. The van der Waals surface area contributed by atoms with Crippen molar-refractivity contribution in [1.29, 1.82) is 0 Å². The van der Waals surface area contributed by atoms with Crippen LogP contribution in [0.2, 0.25) is 0 Å². The second-order valence-corrected chi connectivity index (χ2v) is 5.43. The number of benzene rings is 1. The highest BCUT2D eigenvalue weighted by atomic mass is 16.5. The van der Waals surface area contributed by atoms with Crippen LogP contribution in [0.25, 0.3) is 0 Å². The van der Waals surface area contributed by atoms with E-state index in [1.807, 2.05) is 48.7 Å². The number of nitrogens with one attached hydrogen (secondary N) is 2. The zero-order chi connectivity index (χ0) is 18.0. The van der Waals surface area contributed by atoms with Gasteiger partial charge in [0.15, 0.2) is 0 Å². The summed E-state index contributed by atoms with van der Waals surface area (Å²) in [6, 6.07) is 13.2. The summed E-state index contributed by atoms with van der Waals surface area (Å²) in [7, 11) is 1.64. The van der Waals surface area contributed by atoms with Crippen molar-refractivity contribution < 1.29 is 9.47 Å². The molecule has 0 bridgehead atoms. The van der Waals surface area contributed by atoms with Gasteiger partial charge in [-0.2, -0.15) is 4.98 Å². The third-order valence-corrected chi connectivity index (χ3v) is 3.57. The Morgan fingerprint density at radius 1 is 0.962 bits per heavy atom. The number of anilines is 2. The topological polar surface area (TPSA) is 81.2 Å². The van der Waals surface area contributed by atoms with Crippen LogP contribution in [0, 0.1) is 0 Å². The van der Waals surface area contributed by atoms with E-state index >= 15 is 0 Å². The zero-order valence-corrected chi connectivity index (χ0v) is 14.6. The fourth-order valence-corrected chi connectivity index (χ4v) is 2.24. The standard InChI is InChI=1S/C19H21N5O2/c1-25-16-4-6-17(7-5-16)26-12-11-22-19-21-10-8-18(24-19)23-14-15-3-2-9-20-13-15/h2-10,13H,11-12,14H2,1H3,(H2,21,22,23,24). The van der Waals surface area contributed by atoms with E-state index in [-0.39, 0.29) is 0 Å². The Morgan fingerprint density at radius 2 is 1.81 bits per heavy atom. The van der Waals surface area contributed by atoms with Crippen LogP contribution in [0.15, 0.2) is 61.1 Å². The van der Waals surface area contributed by atoms with E-state index in [0.717, 1.165) is 22.9 Å². The van der Waals surface area contributed by atoms with Gasteiger partial charge in [0.05, 0.1) is 13.7 Å². The molecule has 0 aliphatic rings. The molecule has 2 heterocycles. The second kappa shape index (κ2) is 9.22. The summed E-state index contributed by atoms with van der Waals surface area (Å²) in [5.41, 5.74) is 1.09. The summed E-state index contributed by atoms with van der Waals surface area (Å²) >= 11 is 0. The highest BCUT2D eigenvalue weighted by molar-refractivity contribution is 5.40. The van der Waals surface area contributed by atoms with E-state index in [0.29, 0.717) is 25.6 Å². The minimum absolute atomic E-state index is 0.503. The van der Waals surface area contributed by atoms with Crippen LogP contribution >= 0.6 is 0 Å². The highest BCUT2D eigenvalue weighted by Crippen LogP contribution is 2.16. The molecule has 0 aliphatic carbocycles. The van der Waals surface area contributed by atoms with Crippen molar-refractivity contribution in [3.63, 3.8) is 0 Å². The van der Waals surface area contributed by atoms with E-state index in [4.69, 9.17) is 9.47 Å². The third kappa shape index (κ3) is 5.34. The zero-order valence-electron chi connectivity index (χ0n) is 14.6. The third-order valence-electron chi connectivity index (χ3n) is 3.57. The number of rotatable bonds is 9. The highest BCUT2D eigenvalue weighted by Gasteiger charge is 2.00. The molecule has 2 N–H and O–H groups in total. The lowest BCUT2D eigenvalue weighted by atomic mass is 10.3. The summed E-state index contributed by atoms with van der Waals surface area (Å²) in [5, 5.41) is 6.41. The van der Waals surface area contributed by atoms with Gasteiger partial charge in [0, 0.05) is 25.1 Å². The predicted molar refractivity (Wildman–Crippen MR) is 101 cm³/mol. The molecule has 0 saturated heterocycles. The van der Waals surface area contributed by atoms with Crippen LogP contribution < -0.4 is 20.1 Å². The van der Waals surface area contributed by atoms with Gasteiger partial charge in [0.2, 0.25) is 5.95 Å². The molecule has 3 aromatic rings. The number of nitrogens with zero attached hydrogens (tertiary/aromatic N) is 3. The molecule has 0 saturated carbocycles. The Hall–Kier alpha value is -3.35. The van der Waals surface area contributed by atoms with E-state index in [9.17, 15) is 0 Å². The molecular formula is C19H21N5O2. The van der Waals surface area contributed by atoms with Crippen LogP contribution in [0.3, 0.4) is 0 Å². The van der Waals surface area contributed by atoms with Gasteiger partial charge in [-0.3, -0.25) is 4.98 Å². The van der Waals surface area contributed by atoms with Gasteiger partial charge in [-0.25, -0.2) is 4.98 Å². The minimum atomic E-state index is 0.503. The van der Waals surface area contributed by atoms with Crippen molar-refractivity contribution in [3.05, 3.63) is 66.6 Å². The van der Waals surface area contributed by atoms with Crippen LogP contribution in [0.1, 0.15) is 5.56 Å². The number of hydrogen-bond donors (Lipinski definition) is 2. The first-order valence-electron chi connectivity index (χ1n) is 8.30. The van der Waals surface area contributed by atoms with Crippen molar-refractivity contribution >= 4 is 11.8 Å². The normalized spacial score (nSPS) is 10.2. The first-order chi connectivity index (χ1) is 12.8. The average molecular weight is 351 g/mol. The quantitative estimate of drug-likeness (QED) is 0.574. The maximum atomic E-state index is 5.67. The van der Waals surface area contributed by atoms with Crippen molar-refractivity contribution in [2.24, 2.45) is 0 Å². The number of ether oxygens (including phenoxy) is 2. The summed E-state index contributed by atoms with van der Waals surface area (Å²) < 4.78 is 10.8. The molecule has 134 valence electrons. The Balaban J connectivity index is 1.43. The fourth-order valence-electron chi connectivity index (χ4n) is 2.24. The predicted octanol–water partition coefficient (Wildman–Crippen LogP) is 2.98. The second-order valence-electron chi connectivity index (χ2n) is 5.43. The molecule has 0 radical (unpaired) electrons. The molecule has 26 heavy (non-hydrogen) atoms. The van der Waals surface area contributed by atoms with Crippen molar-refractivity contribution in [2.45, 2.75) is 6.54 Å². The largest absolute Gasteiger partial charge is 0.497 e. The van der Waals surface area contributed by atoms with E-state index in [2.05, 4.69) is 25.6 Å². The maximum Gasteiger partial charge on any atom is 0.224 e. The molecule has 0 fully saturated rings.